The standard InChI is InChI=1S/C13H16N4O6/c1-3-23-9(18)6-16-10-7(4-14-16)8-5-15(13(20)17(8)21)11(10)12(19)22-2/h4,8,11,21H,3,5-6H2,1-2H3/t8-,11+/m1/s1. The number of rotatable bonds is 4. The minimum Gasteiger partial charge on any atom is -0.467 e. The van der Waals surface area contributed by atoms with Gasteiger partial charge in [-0.05, 0) is 6.92 Å². The molecule has 1 fully saturated rings. The van der Waals surface area contributed by atoms with Crippen molar-refractivity contribution in [3.63, 3.8) is 0 Å². The van der Waals surface area contributed by atoms with Crippen molar-refractivity contribution in [2.75, 3.05) is 20.3 Å². The molecule has 3 rings (SSSR count). The summed E-state index contributed by atoms with van der Waals surface area (Å²) in [4.78, 5) is 37.2. The van der Waals surface area contributed by atoms with Crippen molar-refractivity contribution in [3.8, 4) is 0 Å². The number of hydroxylamine groups is 2. The summed E-state index contributed by atoms with van der Waals surface area (Å²) in [5.74, 6) is -1.18. The molecule has 0 unspecified atom stereocenters. The Labute approximate surface area is 131 Å². The molecule has 0 aliphatic carbocycles. The van der Waals surface area contributed by atoms with Gasteiger partial charge in [-0.1, -0.05) is 0 Å². The van der Waals surface area contributed by atoms with Crippen molar-refractivity contribution in [3.05, 3.63) is 17.5 Å². The highest BCUT2D eigenvalue weighted by Gasteiger charge is 2.52. The minimum atomic E-state index is -1.06. The van der Waals surface area contributed by atoms with Crippen LogP contribution in [0.4, 0.5) is 4.79 Å². The Morgan fingerprint density at radius 1 is 1.48 bits per heavy atom. The van der Waals surface area contributed by atoms with E-state index in [0.717, 1.165) is 0 Å². The predicted octanol–water partition coefficient (Wildman–Crippen LogP) is -0.158. The van der Waals surface area contributed by atoms with Crippen LogP contribution in [0.15, 0.2) is 6.20 Å². The highest BCUT2D eigenvalue weighted by Crippen LogP contribution is 2.43. The number of ether oxygens (including phenoxy) is 2. The Balaban J connectivity index is 2.04. The second-order valence-corrected chi connectivity index (χ2v) is 5.17. The summed E-state index contributed by atoms with van der Waals surface area (Å²) in [5, 5.41) is 14.6. The summed E-state index contributed by atoms with van der Waals surface area (Å²) < 4.78 is 11.0. The molecule has 1 aromatic heterocycles. The second-order valence-electron chi connectivity index (χ2n) is 5.17. The highest BCUT2D eigenvalue weighted by atomic mass is 16.5. The van der Waals surface area contributed by atoms with Gasteiger partial charge in [0.05, 0.1) is 32.2 Å². The fourth-order valence-electron chi connectivity index (χ4n) is 2.97. The Bertz CT molecular complexity index is 671. The minimum absolute atomic E-state index is 0.146. The van der Waals surface area contributed by atoms with E-state index in [4.69, 9.17) is 9.47 Å². The molecule has 2 amide bonds. The van der Waals surface area contributed by atoms with E-state index < -0.39 is 30.1 Å². The molecule has 2 aliphatic heterocycles. The van der Waals surface area contributed by atoms with Gasteiger partial charge in [-0.15, -0.1) is 0 Å². The van der Waals surface area contributed by atoms with Crippen molar-refractivity contribution in [1.82, 2.24) is 19.7 Å². The molecule has 3 heterocycles. The van der Waals surface area contributed by atoms with Crippen LogP contribution in [-0.4, -0.2) is 63.2 Å². The van der Waals surface area contributed by atoms with Gasteiger partial charge in [-0.2, -0.15) is 10.2 Å². The van der Waals surface area contributed by atoms with Crippen molar-refractivity contribution < 1.29 is 29.1 Å². The zero-order chi connectivity index (χ0) is 16.7. The first kappa shape index (κ1) is 15.3. The number of urea groups is 1. The lowest BCUT2D eigenvalue weighted by atomic mass is 9.98. The maximum Gasteiger partial charge on any atom is 0.345 e. The van der Waals surface area contributed by atoms with Gasteiger partial charge in [0.25, 0.3) is 0 Å². The first-order valence-corrected chi connectivity index (χ1v) is 7.07. The zero-order valence-electron chi connectivity index (χ0n) is 12.6. The van der Waals surface area contributed by atoms with E-state index in [1.165, 1.54) is 22.9 Å². The number of nitrogens with zero attached hydrogens (tertiary/aromatic N) is 4. The summed E-state index contributed by atoms with van der Waals surface area (Å²) in [5.41, 5.74) is 0.861. The number of fused-ring (bicyclic) bond motifs is 4. The monoisotopic (exact) mass is 324 g/mol. The van der Waals surface area contributed by atoms with E-state index in [9.17, 15) is 19.6 Å². The van der Waals surface area contributed by atoms with Gasteiger partial charge in [-0.25, -0.2) is 9.59 Å². The second kappa shape index (κ2) is 5.54. The molecule has 0 aromatic carbocycles. The molecule has 23 heavy (non-hydrogen) atoms. The summed E-state index contributed by atoms with van der Waals surface area (Å²) >= 11 is 0. The number of esters is 2. The molecule has 1 N–H and O–H groups in total. The molecule has 124 valence electrons. The van der Waals surface area contributed by atoms with Crippen molar-refractivity contribution in [1.29, 1.82) is 0 Å². The quantitative estimate of drug-likeness (QED) is 0.604. The molecule has 1 aromatic rings. The van der Waals surface area contributed by atoms with Crippen molar-refractivity contribution in [2.24, 2.45) is 0 Å². The Hall–Kier alpha value is -2.62. The lowest BCUT2D eigenvalue weighted by Gasteiger charge is -2.29. The fraction of sp³-hybridized carbons (Fsp3) is 0.538. The topological polar surface area (TPSA) is 114 Å². The van der Waals surface area contributed by atoms with Crippen LogP contribution in [-0.2, 0) is 25.6 Å². The fourth-order valence-corrected chi connectivity index (χ4v) is 2.97. The number of carbonyl (C=O) groups excluding carboxylic acids is 3. The van der Waals surface area contributed by atoms with Crippen molar-refractivity contribution in [2.45, 2.75) is 25.6 Å². The molecule has 2 atom stereocenters. The first-order valence-electron chi connectivity index (χ1n) is 7.07. The van der Waals surface area contributed by atoms with E-state index in [-0.39, 0.29) is 19.7 Å². The van der Waals surface area contributed by atoms with Gasteiger partial charge >= 0.3 is 18.0 Å². The third kappa shape index (κ3) is 2.22. The normalized spacial score (nSPS) is 22.1. The third-order valence-corrected chi connectivity index (χ3v) is 3.95. The molecular formula is C13H16N4O6. The molecular weight excluding hydrogens is 308 g/mol. The van der Waals surface area contributed by atoms with Crippen LogP contribution < -0.4 is 0 Å². The largest absolute Gasteiger partial charge is 0.467 e. The molecule has 1 saturated heterocycles. The summed E-state index contributed by atoms with van der Waals surface area (Å²) in [7, 11) is 1.21. The van der Waals surface area contributed by atoms with Gasteiger partial charge in [0.2, 0.25) is 0 Å². The van der Waals surface area contributed by atoms with Gasteiger partial charge in [0.1, 0.15) is 12.6 Å². The number of hydrogen-bond acceptors (Lipinski definition) is 7. The molecule has 10 heteroatoms. The van der Waals surface area contributed by atoms with Crippen LogP contribution in [0.5, 0.6) is 0 Å². The van der Waals surface area contributed by atoms with Gasteiger partial charge < -0.3 is 14.4 Å². The van der Waals surface area contributed by atoms with E-state index in [2.05, 4.69) is 5.10 Å². The van der Waals surface area contributed by atoms with E-state index in [0.29, 0.717) is 16.3 Å². The highest BCUT2D eigenvalue weighted by molar-refractivity contribution is 5.87. The summed E-state index contributed by atoms with van der Waals surface area (Å²) in [6, 6.07) is -2.38. The van der Waals surface area contributed by atoms with E-state index in [1.54, 1.807) is 6.92 Å². The first-order chi connectivity index (χ1) is 11.0. The van der Waals surface area contributed by atoms with E-state index in [1.807, 2.05) is 0 Å². The molecule has 10 nitrogen and oxygen atoms in total. The average molecular weight is 324 g/mol. The smallest absolute Gasteiger partial charge is 0.345 e. The molecule has 0 spiro atoms. The Morgan fingerprint density at radius 2 is 2.22 bits per heavy atom. The average Bonchev–Trinajstić information content (AvgIpc) is 3.04. The van der Waals surface area contributed by atoms with Crippen LogP contribution in [0.3, 0.4) is 0 Å². The van der Waals surface area contributed by atoms with Gasteiger partial charge in [0, 0.05) is 5.56 Å². The van der Waals surface area contributed by atoms with Crippen LogP contribution in [0, 0.1) is 0 Å². The lowest BCUT2D eigenvalue weighted by Crippen LogP contribution is -2.40. The van der Waals surface area contributed by atoms with Gasteiger partial charge in [-0.3, -0.25) is 14.7 Å². The number of amides is 2. The van der Waals surface area contributed by atoms with Crippen LogP contribution in [0.25, 0.3) is 0 Å². The van der Waals surface area contributed by atoms with Gasteiger partial charge in [0.15, 0.2) is 6.04 Å². The Kier molecular flexibility index (Phi) is 3.68. The van der Waals surface area contributed by atoms with Crippen molar-refractivity contribution >= 4 is 18.0 Å². The van der Waals surface area contributed by atoms with Crippen LogP contribution >= 0.6 is 0 Å². The summed E-state index contributed by atoms with van der Waals surface area (Å²) in [6.07, 6.45) is 1.44. The summed E-state index contributed by atoms with van der Waals surface area (Å²) in [6.45, 7) is 1.85. The number of hydrogen-bond donors (Lipinski definition) is 1. The molecule has 0 radical (unpaired) electrons. The number of carbonyl (C=O) groups is 3. The zero-order valence-corrected chi connectivity index (χ0v) is 12.6. The third-order valence-electron chi connectivity index (χ3n) is 3.95. The van der Waals surface area contributed by atoms with Crippen LogP contribution in [0.1, 0.15) is 30.3 Å². The number of aromatic nitrogens is 2. The maximum absolute atomic E-state index is 12.2. The number of methoxy groups -OCH3 is 1. The molecule has 0 saturated carbocycles. The van der Waals surface area contributed by atoms with Crippen LogP contribution in [0.2, 0.25) is 0 Å². The lowest BCUT2D eigenvalue weighted by molar-refractivity contribution is -0.147. The maximum atomic E-state index is 12.2. The SMILES string of the molecule is CCOC(=O)Cn1ncc2c1[C@@H](C(=O)OC)N1C[C@H]2N(O)C1=O. The molecule has 2 aliphatic rings. The van der Waals surface area contributed by atoms with E-state index >= 15 is 0 Å². The predicted molar refractivity (Wildman–Crippen MR) is 72.1 cm³/mol. The molecule has 2 bridgehead atoms. The Morgan fingerprint density at radius 3 is 2.87 bits per heavy atom.